The number of hydrogen-bond donors (Lipinski definition) is 2. The lowest BCUT2D eigenvalue weighted by Crippen LogP contribution is -2.42. The van der Waals surface area contributed by atoms with Gasteiger partial charge in [-0.05, 0) is 33.6 Å². The Hall–Kier alpha value is -1.26. The molecule has 0 spiro atoms. The highest BCUT2D eigenvalue weighted by Crippen LogP contribution is 1.94. The van der Waals surface area contributed by atoms with Crippen molar-refractivity contribution < 1.29 is 9.53 Å². The minimum Gasteiger partial charge on any atom is -0.466 e. The Kier molecular flexibility index (Phi) is 10.1. The monoisotopic (exact) mass is 257 g/mol. The van der Waals surface area contributed by atoms with Crippen molar-refractivity contribution in [2.75, 3.05) is 19.7 Å². The van der Waals surface area contributed by atoms with Crippen molar-refractivity contribution in [1.82, 2.24) is 10.6 Å². The van der Waals surface area contributed by atoms with Crippen molar-refractivity contribution >= 4 is 11.9 Å². The smallest absolute Gasteiger partial charge is 0.305 e. The molecule has 0 aromatic heterocycles. The largest absolute Gasteiger partial charge is 0.466 e. The molecule has 0 aliphatic heterocycles. The van der Waals surface area contributed by atoms with Crippen LogP contribution in [-0.2, 0) is 9.53 Å². The van der Waals surface area contributed by atoms with Crippen LogP contribution in [0, 0.1) is 0 Å². The Labute approximate surface area is 110 Å². The van der Waals surface area contributed by atoms with Gasteiger partial charge in [0, 0.05) is 25.6 Å². The molecule has 5 nitrogen and oxygen atoms in total. The van der Waals surface area contributed by atoms with Crippen LogP contribution in [0.3, 0.4) is 0 Å². The van der Waals surface area contributed by atoms with Crippen LogP contribution in [0.1, 0.15) is 47.0 Å². The van der Waals surface area contributed by atoms with Crippen LogP contribution in [0.5, 0.6) is 0 Å². The lowest BCUT2D eigenvalue weighted by atomic mass is 10.3. The summed E-state index contributed by atoms with van der Waals surface area (Å²) in [6, 6.07) is 0.396. The average molecular weight is 257 g/mol. The van der Waals surface area contributed by atoms with Crippen molar-refractivity contribution in [3.05, 3.63) is 0 Å². The molecule has 0 aromatic carbocycles. The number of nitrogens with zero attached hydrogens (tertiary/aromatic N) is 1. The molecule has 1 atom stereocenters. The topological polar surface area (TPSA) is 62.7 Å². The molecule has 18 heavy (non-hydrogen) atoms. The highest BCUT2D eigenvalue weighted by molar-refractivity contribution is 5.80. The third-order valence-corrected chi connectivity index (χ3v) is 2.45. The first kappa shape index (κ1) is 16.7. The third-order valence-electron chi connectivity index (χ3n) is 2.45. The molecule has 1 unspecified atom stereocenters. The van der Waals surface area contributed by atoms with E-state index in [9.17, 15) is 4.79 Å². The van der Waals surface area contributed by atoms with E-state index in [1.807, 2.05) is 13.8 Å². The van der Waals surface area contributed by atoms with Gasteiger partial charge < -0.3 is 15.4 Å². The lowest BCUT2D eigenvalue weighted by molar-refractivity contribution is -0.143. The fourth-order valence-corrected chi connectivity index (χ4v) is 1.30. The molecule has 5 heteroatoms. The van der Waals surface area contributed by atoms with Crippen LogP contribution in [0.2, 0.25) is 0 Å². The normalized spacial score (nSPS) is 13.0. The number of carbonyl (C=O) groups excluding carboxylic acids is 1. The van der Waals surface area contributed by atoms with Gasteiger partial charge in [0.15, 0.2) is 5.96 Å². The predicted molar refractivity (Wildman–Crippen MR) is 74.7 cm³/mol. The van der Waals surface area contributed by atoms with Gasteiger partial charge >= 0.3 is 5.97 Å². The second-order valence-electron chi connectivity index (χ2n) is 4.12. The number of rotatable bonds is 8. The Morgan fingerprint density at radius 3 is 2.61 bits per heavy atom. The SMILES string of the molecule is CCNC(=NCCCC(=O)OCC)NC(C)CC. The molecule has 0 bridgehead atoms. The number of guanidine groups is 1. The van der Waals surface area contributed by atoms with E-state index in [-0.39, 0.29) is 5.97 Å². The second kappa shape index (κ2) is 10.9. The van der Waals surface area contributed by atoms with E-state index < -0.39 is 0 Å². The van der Waals surface area contributed by atoms with Crippen LogP contribution in [-0.4, -0.2) is 37.7 Å². The minimum absolute atomic E-state index is 0.146. The van der Waals surface area contributed by atoms with Gasteiger partial charge in [-0.15, -0.1) is 0 Å². The maximum absolute atomic E-state index is 11.1. The summed E-state index contributed by atoms with van der Waals surface area (Å²) in [5, 5.41) is 6.49. The zero-order chi connectivity index (χ0) is 13.8. The van der Waals surface area contributed by atoms with E-state index in [4.69, 9.17) is 4.74 Å². The molecule has 0 saturated heterocycles. The van der Waals surface area contributed by atoms with Crippen LogP contribution in [0.15, 0.2) is 4.99 Å². The molecular formula is C13H27N3O2. The van der Waals surface area contributed by atoms with Crippen molar-refractivity contribution in [3.8, 4) is 0 Å². The van der Waals surface area contributed by atoms with Gasteiger partial charge in [0.25, 0.3) is 0 Å². The first-order valence-corrected chi connectivity index (χ1v) is 6.84. The number of esters is 1. The molecule has 0 aliphatic carbocycles. The summed E-state index contributed by atoms with van der Waals surface area (Å²) in [4.78, 5) is 15.6. The van der Waals surface area contributed by atoms with Gasteiger partial charge in [0.2, 0.25) is 0 Å². The molecule has 0 rings (SSSR count). The van der Waals surface area contributed by atoms with Crippen molar-refractivity contribution in [1.29, 1.82) is 0 Å². The molecule has 0 heterocycles. The van der Waals surface area contributed by atoms with Crippen LogP contribution in [0.4, 0.5) is 0 Å². The van der Waals surface area contributed by atoms with Crippen LogP contribution in [0.25, 0.3) is 0 Å². The lowest BCUT2D eigenvalue weighted by Gasteiger charge is -2.16. The molecule has 2 N–H and O–H groups in total. The molecule has 0 fully saturated rings. The standard InChI is InChI=1S/C13H27N3O2/c1-5-11(4)16-13(14-6-2)15-10-8-9-12(17)18-7-3/h11H,5-10H2,1-4H3,(H2,14,15,16). The summed E-state index contributed by atoms with van der Waals surface area (Å²) in [6.45, 7) is 10.0. The number of ether oxygens (including phenoxy) is 1. The maximum atomic E-state index is 11.1. The van der Waals surface area contributed by atoms with Gasteiger partial charge in [0.1, 0.15) is 0 Å². The third kappa shape index (κ3) is 8.84. The molecule has 0 aliphatic rings. The zero-order valence-corrected chi connectivity index (χ0v) is 12.1. The zero-order valence-electron chi connectivity index (χ0n) is 12.1. The highest BCUT2D eigenvalue weighted by Gasteiger charge is 2.03. The van der Waals surface area contributed by atoms with Gasteiger partial charge in [-0.2, -0.15) is 0 Å². The number of nitrogens with one attached hydrogen (secondary N) is 2. The summed E-state index contributed by atoms with van der Waals surface area (Å²) in [5.41, 5.74) is 0. The average Bonchev–Trinajstić information content (AvgIpc) is 2.35. The van der Waals surface area contributed by atoms with E-state index in [0.29, 0.717) is 25.6 Å². The van der Waals surface area contributed by atoms with Crippen molar-refractivity contribution in [2.24, 2.45) is 4.99 Å². The molecule has 0 radical (unpaired) electrons. The fourth-order valence-electron chi connectivity index (χ4n) is 1.30. The summed E-state index contributed by atoms with van der Waals surface area (Å²) in [6.07, 6.45) is 2.20. The van der Waals surface area contributed by atoms with E-state index in [1.54, 1.807) is 0 Å². The van der Waals surface area contributed by atoms with E-state index in [2.05, 4.69) is 29.5 Å². The second-order valence-corrected chi connectivity index (χ2v) is 4.12. The molecule has 0 saturated carbocycles. The summed E-state index contributed by atoms with van der Waals surface area (Å²) < 4.78 is 4.86. The fraction of sp³-hybridized carbons (Fsp3) is 0.846. The van der Waals surface area contributed by atoms with E-state index >= 15 is 0 Å². The Morgan fingerprint density at radius 2 is 2.06 bits per heavy atom. The number of hydrogen-bond acceptors (Lipinski definition) is 3. The molecular weight excluding hydrogens is 230 g/mol. The van der Waals surface area contributed by atoms with Crippen molar-refractivity contribution in [2.45, 2.75) is 53.0 Å². The molecule has 0 amide bonds. The quantitative estimate of drug-likeness (QED) is 0.300. The van der Waals surface area contributed by atoms with Gasteiger partial charge in [-0.25, -0.2) is 0 Å². The molecule has 0 aromatic rings. The van der Waals surface area contributed by atoms with Crippen molar-refractivity contribution in [3.63, 3.8) is 0 Å². The van der Waals surface area contributed by atoms with Crippen LogP contribution >= 0.6 is 0 Å². The Bertz CT molecular complexity index is 255. The first-order valence-electron chi connectivity index (χ1n) is 6.84. The minimum atomic E-state index is -0.146. The van der Waals surface area contributed by atoms with Gasteiger partial charge in [-0.3, -0.25) is 9.79 Å². The van der Waals surface area contributed by atoms with Gasteiger partial charge in [-0.1, -0.05) is 6.92 Å². The van der Waals surface area contributed by atoms with Crippen LogP contribution < -0.4 is 10.6 Å². The summed E-state index contributed by atoms with van der Waals surface area (Å²) >= 11 is 0. The van der Waals surface area contributed by atoms with Gasteiger partial charge in [0.05, 0.1) is 6.61 Å². The maximum Gasteiger partial charge on any atom is 0.305 e. The van der Waals surface area contributed by atoms with E-state index in [0.717, 1.165) is 25.3 Å². The summed E-state index contributed by atoms with van der Waals surface area (Å²) in [7, 11) is 0. The number of carbonyl (C=O) groups is 1. The molecule has 106 valence electrons. The first-order chi connectivity index (χ1) is 8.63. The Balaban J connectivity index is 3.96. The summed E-state index contributed by atoms with van der Waals surface area (Å²) in [5.74, 6) is 0.670. The Morgan fingerprint density at radius 1 is 1.33 bits per heavy atom. The highest BCUT2D eigenvalue weighted by atomic mass is 16.5. The number of aliphatic imine (C=N–C) groups is 1. The predicted octanol–water partition coefficient (Wildman–Crippen LogP) is 1.68. The van der Waals surface area contributed by atoms with E-state index in [1.165, 1.54) is 0 Å².